The molecule has 6 heteroatoms. The molecule has 1 saturated heterocycles. The maximum Gasteiger partial charge on any atom is 0.152 e. The Morgan fingerprint density at radius 3 is 2.83 bits per heavy atom. The van der Waals surface area contributed by atoms with E-state index in [0.29, 0.717) is 18.5 Å². The summed E-state index contributed by atoms with van der Waals surface area (Å²) in [6, 6.07) is 4.25. The Labute approximate surface area is 105 Å². The van der Waals surface area contributed by atoms with Crippen molar-refractivity contribution in [3.63, 3.8) is 0 Å². The van der Waals surface area contributed by atoms with E-state index in [2.05, 4.69) is 0 Å². The maximum absolute atomic E-state index is 13.2. The highest BCUT2D eigenvalue weighted by molar-refractivity contribution is 7.91. The molecule has 2 aliphatic heterocycles. The number of nitrogens with one attached hydrogen (secondary N) is 1. The SMILES string of the molecule is N=C1c2cc(F)ccc2CN1C1CCS(=O)(=O)C1. The number of halogens is 1. The number of sulfone groups is 1. The van der Waals surface area contributed by atoms with Crippen molar-refractivity contribution >= 4 is 15.7 Å². The fourth-order valence-electron chi connectivity index (χ4n) is 2.66. The lowest BCUT2D eigenvalue weighted by Gasteiger charge is -2.24. The summed E-state index contributed by atoms with van der Waals surface area (Å²) in [6.45, 7) is 0.509. The third-order valence-electron chi connectivity index (χ3n) is 3.60. The van der Waals surface area contributed by atoms with Gasteiger partial charge in [0.1, 0.15) is 11.7 Å². The Bertz CT molecular complexity index is 627. The Morgan fingerprint density at radius 2 is 2.17 bits per heavy atom. The average Bonchev–Trinajstić information content (AvgIpc) is 2.81. The number of fused-ring (bicyclic) bond motifs is 1. The molecule has 0 aliphatic carbocycles. The van der Waals surface area contributed by atoms with Crippen LogP contribution in [0.3, 0.4) is 0 Å². The first-order valence-electron chi connectivity index (χ1n) is 5.81. The number of benzene rings is 1. The van der Waals surface area contributed by atoms with Gasteiger partial charge in [-0.3, -0.25) is 5.41 Å². The molecule has 0 bridgehead atoms. The Hall–Kier alpha value is -1.43. The number of hydrogen-bond donors (Lipinski definition) is 1. The van der Waals surface area contributed by atoms with Crippen molar-refractivity contribution in [2.75, 3.05) is 11.5 Å². The standard InChI is InChI=1S/C12H13FN2O2S/c13-9-2-1-8-6-15(12(14)11(8)5-9)10-3-4-18(16,17)7-10/h1-2,5,10,14H,3-4,6-7H2. The van der Waals surface area contributed by atoms with Gasteiger partial charge < -0.3 is 4.90 Å². The molecule has 1 N–H and O–H groups in total. The van der Waals surface area contributed by atoms with Gasteiger partial charge in [-0.1, -0.05) is 6.07 Å². The molecule has 1 atom stereocenters. The minimum Gasteiger partial charge on any atom is -0.348 e. The van der Waals surface area contributed by atoms with E-state index in [9.17, 15) is 12.8 Å². The van der Waals surface area contributed by atoms with Crippen LogP contribution in [0.1, 0.15) is 17.5 Å². The van der Waals surface area contributed by atoms with E-state index in [0.717, 1.165) is 5.56 Å². The molecule has 3 rings (SSSR count). The summed E-state index contributed by atoms with van der Waals surface area (Å²) in [5, 5.41) is 8.04. The van der Waals surface area contributed by atoms with E-state index >= 15 is 0 Å². The topological polar surface area (TPSA) is 61.2 Å². The summed E-state index contributed by atoms with van der Waals surface area (Å²) in [4.78, 5) is 1.77. The molecule has 2 aliphatic rings. The molecule has 1 aromatic carbocycles. The Balaban J connectivity index is 1.89. The van der Waals surface area contributed by atoms with Crippen LogP contribution < -0.4 is 0 Å². The predicted molar refractivity (Wildman–Crippen MR) is 65.8 cm³/mol. The molecular formula is C12H13FN2O2S. The molecule has 18 heavy (non-hydrogen) atoms. The minimum atomic E-state index is -2.96. The van der Waals surface area contributed by atoms with Crippen LogP contribution in [-0.2, 0) is 16.4 Å². The highest BCUT2D eigenvalue weighted by Gasteiger charge is 2.37. The van der Waals surface area contributed by atoms with Gasteiger partial charge in [0.25, 0.3) is 0 Å². The minimum absolute atomic E-state index is 0.103. The predicted octanol–water partition coefficient (Wildman–Crippen LogP) is 1.15. The number of amidine groups is 1. The molecule has 2 heterocycles. The summed E-state index contributed by atoms with van der Waals surface area (Å²) >= 11 is 0. The number of nitrogens with zero attached hydrogens (tertiary/aromatic N) is 1. The lowest BCUT2D eigenvalue weighted by molar-refractivity contribution is 0.339. The van der Waals surface area contributed by atoms with Crippen molar-refractivity contribution < 1.29 is 12.8 Å². The van der Waals surface area contributed by atoms with Crippen LogP contribution >= 0.6 is 0 Å². The molecule has 0 saturated carbocycles. The molecule has 0 radical (unpaired) electrons. The lowest BCUT2D eigenvalue weighted by Crippen LogP contribution is -2.36. The summed E-state index contributed by atoms with van der Waals surface area (Å²) in [5.74, 6) is 0.170. The molecule has 96 valence electrons. The Morgan fingerprint density at radius 1 is 1.39 bits per heavy atom. The third-order valence-corrected chi connectivity index (χ3v) is 5.35. The van der Waals surface area contributed by atoms with Crippen molar-refractivity contribution in [1.29, 1.82) is 5.41 Å². The van der Waals surface area contributed by atoms with Gasteiger partial charge in [-0.2, -0.15) is 0 Å². The second-order valence-corrected chi connectivity index (χ2v) is 7.06. The van der Waals surface area contributed by atoms with Crippen molar-refractivity contribution in [3.05, 3.63) is 35.1 Å². The largest absolute Gasteiger partial charge is 0.348 e. The van der Waals surface area contributed by atoms with Gasteiger partial charge in [-0.15, -0.1) is 0 Å². The van der Waals surface area contributed by atoms with Gasteiger partial charge in [-0.25, -0.2) is 12.8 Å². The zero-order valence-corrected chi connectivity index (χ0v) is 10.5. The van der Waals surface area contributed by atoms with E-state index in [1.54, 1.807) is 11.0 Å². The monoisotopic (exact) mass is 268 g/mol. The molecule has 1 unspecified atom stereocenters. The Kier molecular flexibility index (Phi) is 2.45. The zero-order valence-electron chi connectivity index (χ0n) is 9.69. The van der Waals surface area contributed by atoms with Crippen molar-refractivity contribution in [2.24, 2.45) is 0 Å². The first kappa shape index (κ1) is 11.6. The van der Waals surface area contributed by atoms with Crippen LogP contribution in [0.25, 0.3) is 0 Å². The van der Waals surface area contributed by atoms with Crippen molar-refractivity contribution in [1.82, 2.24) is 4.90 Å². The van der Waals surface area contributed by atoms with Crippen LogP contribution in [0.15, 0.2) is 18.2 Å². The third kappa shape index (κ3) is 1.80. The molecule has 0 aromatic heterocycles. The zero-order chi connectivity index (χ0) is 12.9. The smallest absolute Gasteiger partial charge is 0.152 e. The first-order chi connectivity index (χ1) is 8.46. The van der Waals surface area contributed by atoms with Gasteiger partial charge in [0.2, 0.25) is 0 Å². The quantitative estimate of drug-likeness (QED) is 0.831. The molecule has 0 spiro atoms. The second-order valence-electron chi connectivity index (χ2n) is 4.83. The van der Waals surface area contributed by atoms with Gasteiger partial charge in [0.15, 0.2) is 9.84 Å². The van der Waals surface area contributed by atoms with Crippen LogP contribution in [0, 0.1) is 11.2 Å². The highest BCUT2D eigenvalue weighted by atomic mass is 32.2. The molecule has 1 aromatic rings. The average molecular weight is 268 g/mol. The fraction of sp³-hybridized carbons (Fsp3) is 0.417. The summed E-state index contributed by atoms with van der Waals surface area (Å²) in [7, 11) is -2.96. The highest BCUT2D eigenvalue weighted by Crippen LogP contribution is 2.29. The molecular weight excluding hydrogens is 255 g/mol. The number of rotatable bonds is 1. The lowest BCUT2D eigenvalue weighted by atomic mass is 10.1. The summed E-state index contributed by atoms with van der Waals surface area (Å²) in [6.07, 6.45) is 0.557. The van der Waals surface area contributed by atoms with Crippen LogP contribution in [-0.4, -0.2) is 36.7 Å². The van der Waals surface area contributed by atoms with Crippen molar-refractivity contribution in [3.8, 4) is 0 Å². The number of hydrogen-bond acceptors (Lipinski definition) is 3. The van der Waals surface area contributed by atoms with Crippen LogP contribution in [0.4, 0.5) is 4.39 Å². The van der Waals surface area contributed by atoms with Crippen LogP contribution in [0.2, 0.25) is 0 Å². The van der Waals surface area contributed by atoms with E-state index in [1.807, 2.05) is 0 Å². The maximum atomic E-state index is 13.2. The molecule has 1 fully saturated rings. The fourth-order valence-corrected chi connectivity index (χ4v) is 4.39. The van der Waals surface area contributed by atoms with Gasteiger partial charge in [0, 0.05) is 18.2 Å². The van der Waals surface area contributed by atoms with E-state index in [4.69, 9.17) is 5.41 Å². The molecule has 0 amide bonds. The van der Waals surface area contributed by atoms with Gasteiger partial charge in [-0.05, 0) is 24.1 Å². The van der Waals surface area contributed by atoms with Gasteiger partial charge in [0.05, 0.1) is 11.5 Å². The summed E-state index contributed by atoms with van der Waals surface area (Å²) < 4.78 is 36.1. The molecule has 4 nitrogen and oxygen atoms in total. The van der Waals surface area contributed by atoms with E-state index in [1.165, 1.54) is 12.1 Å². The second kappa shape index (κ2) is 3.78. The van der Waals surface area contributed by atoms with Gasteiger partial charge >= 0.3 is 0 Å². The summed E-state index contributed by atoms with van der Waals surface area (Å²) in [5.41, 5.74) is 1.48. The normalized spacial score (nSPS) is 25.5. The van der Waals surface area contributed by atoms with E-state index in [-0.39, 0.29) is 29.2 Å². The van der Waals surface area contributed by atoms with Crippen molar-refractivity contribution in [2.45, 2.75) is 19.0 Å². The van der Waals surface area contributed by atoms with E-state index < -0.39 is 9.84 Å². The van der Waals surface area contributed by atoms with Crippen LogP contribution in [0.5, 0.6) is 0 Å². The first-order valence-corrected chi connectivity index (χ1v) is 7.63.